The molecule has 0 aliphatic carbocycles. The molecule has 2 heterocycles. The molecular formula is C19H37N3O7. The molecule has 2 saturated heterocycles. The molecule has 29 heavy (non-hydrogen) atoms. The molecule has 0 radical (unpaired) electrons. The van der Waals surface area contributed by atoms with Gasteiger partial charge in [-0.15, -0.1) is 0 Å². The van der Waals surface area contributed by atoms with Gasteiger partial charge in [0.05, 0.1) is 58.5 Å². The van der Waals surface area contributed by atoms with Crippen molar-refractivity contribution in [2.24, 2.45) is 0 Å². The molecule has 1 N–H and O–H groups in total. The number of carbonyl (C=O) groups excluding carboxylic acids is 1. The number of hydrogen-bond acceptors (Lipinski definition) is 9. The number of hydrogen-bond donors (Lipinski definition) is 1. The second kappa shape index (κ2) is 14.9. The van der Waals surface area contributed by atoms with Gasteiger partial charge in [-0.2, -0.15) is 5.06 Å². The Hall–Kier alpha value is -1.01. The van der Waals surface area contributed by atoms with Crippen molar-refractivity contribution in [1.82, 2.24) is 15.3 Å². The Bertz CT molecular complexity index is 428. The van der Waals surface area contributed by atoms with E-state index in [1.54, 1.807) is 4.90 Å². The van der Waals surface area contributed by atoms with E-state index in [2.05, 4.69) is 5.32 Å². The third-order valence-electron chi connectivity index (χ3n) is 4.45. The fourth-order valence-electron chi connectivity index (χ4n) is 2.86. The summed E-state index contributed by atoms with van der Waals surface area (Å²) in [5.41, 5.74) is 0. The van der Waals surface area contributed by atoms with Gasteiger partial charge in [0, 0.05) is 39.3 Å². The minimum atomic E-state index is -0.310. The lowest BCUT2D eigenvalue weighted by Gasteiger charge is -2.34. The van der Waals surface area contributed by atoms with Crippen molar-refractivity contribution in [2.75, 3.05) is 92.1 Å². The number of ether oxygens (including phenoxy) is 5. The highest BCUT2D eigenvalue weighted by atomic mass is 16.7. The lowest BCUT2D eigenvalue weighted by Crippen LogP contribution is -2.50. The van der Waals surface area contributed by atoms with Crippen LogP contribution in [-0.2, 0) is 28.5 Å². The van der Waals surface area contributed by atoms with Crippen LogP contribution < -0.4 is 5.32 Å². The maximum absolute atomic E-state index is 12.1. The highest BCUT2D eigenvalue weighted by Gasteiger charge is 2.23. The standard InChI is InChI=1S/C19H37N3O7/c1-17(2)26-13-11-24-9-10-25-12-14-28-19(23)21-4-6-22(7-5-21)29-16-18-15-20-3-8-27-18/h17-18,20H,3-16H2,1-2H3. The zero-order chi connectivity index (χ0) is 20.7. The summed E-state index contributed by atoms with van der Waals surface area (Å²) in [6, 6.07) is 0. The van der Waals surface area contributed by atoms with Gasteiger partial charge in [-0.3, -0.25) is 4.84 Å². The van der Waals surface area contributed by atoms with Gasteiger partial charge in [0.2, 0.25) is 0 Å². The van der Waals surface area contributed by atoms with Crippen molar-refractivity contribution in [2.45, 2.75) is 26.1 Å². The van der Waals surface area contributed by atoms with Gasteiger partial charge in [-0.1, -0.05) is 0 Å². The molecule has 10 nitrogen and oxygen atoms in total. The van der Waals surface area contributed by atoms with Crippen LogP contribution >= 0.6 is 0 Å². The van der Waals surface area contributed by atoms with Gasteiger partial charge in [0.1, 0.15) is 6.61 Å². The first kappa shape index (κ1) is 24.3. The molecule has 0 aromatic heterocycles. The molecule has 0 saturated carbocycles. The van der Waals surface area contributed by atoms with Crippen LogP contribution in [0, 0.1) is 0 Å². The number of morpholine rings is 1. The summed E-state index contributed by atoms with van der Waals surface area (Å²) in [6.45, 7) is 12.1. The normalized spacial score (nSPS) is 20.9. The number of hydroxylamine groups is 2. The number of rotatable bonds is 13. The predicted octanol–water partition coefficient (Wildman–Crippen LogP) is 0.119. The molecular weight excluding hydrogens is 382 g/mol. The van der Waals surface area contributed by atoms with Crippen LogP contribution in [-0.4, -0.2) is 120 Å². The quantitative estimate of drug-likeness (QED) is 0.418. The van der Waals surface area contributed by atoms with E-state index in [-0.39, 0.29) is 24.9 Å². The van der Waals surface area contributed by atoms with Crippen molar-refractivity contribution >= 4 is 6.09 Å². The van der Waals surface area contributed by atoms with Crippen molar-refractivity contribution in [3.63, 3.8) is 0 Å². The van der Waals surface area contributed by atoms with Gasteiger partial charge < -0.3 is 33.9 Å². The van der Waals surface area contributed by atoms with Gasteiger partial charge in [0.25, 0.3) is 0 Å². The van der Waals surface area contributed by atoms with Crippen LogP contribution in [0.3, 0.4) is 0 Å². The summed E-state index contributed by atoms with van der Waals surface area (Å²) < 4.78 is 27.0. The minimum absolute atomic E-state index is 0.0884. The smallest absolute Gasteiger partial charge is 0.409 e. The zero-order valence-corrected chi connectivity index (χ0v) is 17.8. The summed E-state index contributed by atoms with van der Waals surface area (Å²) in [5.74, 6) is 0. The van der Waals surface area contributed by atoms with Crippen molar-refractivity contribution in [3.05, 3.63) is 0 Å². The number of nitrogens with zero attached hydrogens (tertiary/aromatic N) is 2. The molecule has 0 spiro atoms. The summed E-state index contributed by atoms with van der Waals surface area (Å²) in [5, 5.41) is 5.16. The molecule has 170 valence electrons. The van der Waals surface area contributed by atoms with E-state index in [0.717, 1.165) is 19.7 Å². The highest BCUT2D eigenvalue weighted by Crippen LogP contribution is 2.06. The van der Waals surface area contributed by atoms with E-state index in [1.165, 1.54) is 0 Å². The Balaban J connectivity index is 1.40. The zero-order valence-electron chi connectivity index (χ0n) is 17.8. The van der Waals surface area contributed by atoms with E-state index in [9.17, 15) is 4.79 Å². The summed E-state index contributed by atoms with van der Waals surface area (Å²) in [7, 11) is 0. The molecule has 2 fully saturated rings. The molecule has 2 aliphatic rings. The largest absolute Gasteiger partial charge is 0.447 e. The number of nitrogens with one attached hydrogen (secondary N) is 1. The third-order valence-corrected chi connectivity index (χ3v) is 4.45. The molecule has 0 bridgehead atoms. The van der Waals surface area contributed by atoms with E-state index in [1.807, 2.05) is 18.9 Å². The molecule has 1 atom stereocenters. The molecule has 1 unspecified atom stereocenters. The number of amides is 1. The van der Waals surface area contributed by atoms with E-state index < -0.39 is 0 Å². The minimum Gasteiger partial charge on any atom is -0.447 e. The maximum Gasteiger partial charge on any atom is 0.409 e. The fraction of sp³-hybridized carbons (Fsp3) is 0.947. The second-order valence-electron chi connectivity index (χ2n) is 7.17. The van der Waals surface area contributed by atoms with E-state index in [4.69, 9.17) is 28.5 Å². The monoisotopic (exact) mass is 419 g/mol. The Morgan fingerprint density at radius 2 is 1.72 bits per heavy atom. The van der Waals surface area contributed by atoms with Crippen LogP contribution in [0.4, 0.5) is 4.79 Å². The Labute approximate surface area is 173 Å². The van der Waals surface area contributed by atoms with Crippen LogP contribution in [0.5, 0.6) is 0 Å². The van der Waals surface area contributed by atoms with Gasteiger partial charge >= 0.3 is 6.09 Å². The molecule has 0 aromatic rings. The maximum atomic E-state index is 12.1. The van der Waals surface area contributed by atoms with Gasteiger partial charge in [-0.25, -0.2) is 4.79 Å². The lowest BCUT2D eigenvalue weighted by molar-refractivity contribution is -0.198. The highest BCUT2D eigenvalue weighted by molar-refractivity contribution is 5.67. The van der Waals surface area contributed by atoms with Crippen molar-refractivity contribution in [1.29, 1.82) is 0 Å². The summed E-state index contributed by atoms with van der Waals surface area (Å²) >= 11 is 0. The van der Waals surface area contributed by atoms with Gasteiger partial charge in [0.15, 0.2) is 0 Å². The SMILES string of the molecule is CC(C)OCCOCCOCCOC(=O)N1CCN(OCC2CNCCO2)CC1. The molecule has 10 heteroatoms. The first-order chi connectivity index (χ1) is 14.1. The van der Waals surface area contributed by atoms with E-state index >= 15 is 0 Å². The summed E-state index contributed by atoms with van der Waals surface area (Å²) in [4.78, 5) is 19.6. The Kier molecular flexibility index (Phi) is 12.5. The molecule has 0 aromatic carbocycles. The Morgan fingerprint density at radius 3 is 2.38 bits per heavy atom. The first-order valence-corrected chi connectivity index (χ1v) is 10.5. The third kappa shape index (κ3) is 11.1. The van der Waals surface area contributed by atoms with Gasteiger partial charge in [-0.05, 0) is 13.8 Å². The van der Waals surface area contributed by atoms with Crippen LogP contribution in [0.1, 0.15) is 13.8 Å². The molecule has 1 amide bonds. The van der Waals surface area contributed by atoms with E-state index in [0.29, 0.717) is 65.8 Å². The number of carbonyl (C=O) groups is 1. The Morgan fingerprint density at radius 1 is 1.03 bits per heavy atom. The van der Waals surface area contributed by atoms with Crippen molar-refractivity contribution < 1.29 is 33.3 Å². The average Bonchev–Trinajstić information content (AvgIpc) is 2.74. The predicted molar refractivity (Wildman–Crippen MR) is 106 cm³/mol. The lowest BCUT2D eigenvalue weighted by atomic mass is 10.3. The van der Waals surface area contributed by atoms with Crippen LogP contribution in [0.2, 0.25) is 0 Å². The fourth-order valence-corrected chi connectivity index (χ4v) is 2.86. The number of piperazine rings is 1. The topological polar surface area (TPSA) is 91.0 Å². The molecule has 2 aliphatic heterocycles. The summed E-state index contributed by atoms with van der Waals surface area (Å²) in [6.07, 6.45) is -0.00518. The second-order valence-corrected chi connectivity index (χ2v) is 7.17. The molecule has 2 rings (SSSR count). The van der Waals surface area contributed by atoms with Crippen LogP contribution in [0.15, 0.2) is 0 Å². The average molecular weight is 420 g/mol. The van der Waals surface area contributed by atoms with Crippen LogP contribution in [0.25, 0.3) is 0 Å². The first-order valence-electron chi connectivity index (χ1n) is 10.5. The van der Waals surface area contributed by atoms with Crippen molar-refractivity contribution in [3.8, 4) is 0 Å².